The van der Waals surface area contributed by atoms with Gasteiger partial charge in [0.15, 0.2) is 5.96 Å². The smallest absolute Gasteiger partial charge is 0.411 e. The monoisotopic (exact) mass is 372 g/mol. The largest absolute Gasteiger partial charge is 0.453 e. The molecule has 2 aromatic rings. The summed E-state index contributed by atoms with van der Waals surface area (Å²) in [6, 6.07) is 9.62. The summed E-state index contributed by atoms with van der Waals surface area (Å²) in [6.07, 6.45) is 0.474. The number of carbonyl (C=O) groups is 1. The quantitative estimate of drug-likeness (QED) is 0.394. The lowest BCUT2D eigenvalue weighted by molar-refractivity contribution is 0.187. The number of guanidine groups is 1. The number of hydrogen-bond acceptors (Lipinski definition) is 4. The number of anilines is 1. The van der Waals surface area contributed by atoms with Crippen molar-refractivity contribution in [2.45, 2.75) is 33.4 Å². The summed E-state index contributed by atoms with van der Waals surface area (Å²) in [7, 11) is 3.09. The molecule has 8 nitrogen and oxygen atoms in total. The zero-order chi connectivity index (χ0) is 19.6. The van der Waals surface area contributed by atoms with Crippen molar-refractivity contribution in [3.63, 3.8) is 0 Å². The Kier molecular flexibility index (Phi) is 7.66. The number of nitrogens with zero attached hydrogens (tertiary/aromatic N) is 3. The Labute approximate surface area is 160 Å². The summed E-state index contributed by atoms with van der Waals surface area (Å²) >= 11 is 0. The van der Waals surface area contributed by atoms with Gasteiger partial charge in [-0.1, -0.05) is 12.1 Å². The highest BCUT2D eigenvalue weighted by Crippen LogP contribution is 2.09. The van der Waals surface area contributed by atoms with Crippen LogP contribution in [0, 0.1) is 13.8 Å². The van der Waals surface area contributed by atoms with E-state index in [1.165, 1.54) is 12.8 Å². The van der Waals surface area contributed by atoms with Crippen LogP contribution in [0.1, 0.15) is 23.4 Å². The molecular formula is C19H28N6O2. The zero-order valence-electron chi connectivity index (χ0n) is 16.4. The van der Waals surface area contributed by atoms with Crippen molar-refractivity contribution in [2.75, 3.05) is 26.0 Å². The molecule has 2 rings (SSSR count). The fourth-order valence-corrected chi connectivity index (χ4v) is 2.62. The molecule has 0 spiro atoms. The van der Waals surface area contributed by atoms with Gasteiger partial charge in [-0.2, -0.15) is 5.10 Å². The number of rotatable bonds is 7. The van der Waals surface area contributed by atoms with Crippen LogP contribution in [0.2, 0.25) is 0 Å². The van der Waals surface area contributed by atoms with Crippen molar-refractivity contribution in [1.82, 2.24) is 20.4 Å². The van der Waals surface area contributed by atoms with E-state index >= 15 is 0 Å². The van der Waals surface area contributed by atoms with E-state index in [0.717, 1.165) is 36.7 Å². The number of benzene rings is 1. The van der Waals surface area contributed by atoms with Gasteiger partial charge in [0.25, 0.3) is 0 Å². The van der Waals surface area contributed by atoms with Crippen molar-refractivity contribution < 1.29 is 9.53 Å². The third kappa shape index (κ3) is 6.65. The number of ether oxygens (including phenoxy) is 1. The maximum atomic E-state index is 11.2. The Morgan fingerprint density at radius 2 is 1.96 bits per heavy atom. The second-order valence-electron chi connectivity index (χ2n) is 6.17. The fourth-order valence-electron chi connectivity index (χ4n) is 2.62. The number of aliphatic imine (C=N–C) groups is 1. The van der Waals surface area contributed by atoms with Crippen molar-refractivity contribution in [3.05, 3.63) is 47.3 Å². The summed E-state index contributed by atoms with van der Waals surface area (Å²) < 4.78 is 6.59. The third-order valence-corrected chi connectivity index (χ3v) is 4.01. The van der Waals surface area contributed by atoms with Crippen LogP contribution in [-0.2, 0) is 17.8 Å². The lowest BCUT2D eigenvalue weighted by Crippen LogP contribution is -2.37. The van der Waals surface area contributed by atoms with Gasteiger partial charge in [-0.25, -0.2) is 4.79 Å². The lowest BCUT2D eigenvalue weighted by Gasteiger charge is -2.12. The highest BCUT2D eigenvalue weighted by atomic mass is 16.5. The minimum Gasteiger partial charge on any atom is -0.453 e. The number of nitrogens with one attached hydrogen (secondary N) is 3. The second kappa shape index (κ2) is 10.2. The molecular weight excluding hydrogens is 344 g/mol. The number of amides is 1. The van der Waals surface area contributed by atoms with E-state index in [-0.39, 0.29) is 0 Å². The van der Waals surface area contributed by atoms with Crippen LogP contribution in [-0.4, -0.2) is 42.5 Å². The topological polar surface area (TPSA) is 92.6 Å². The molecule has 0 aliphatic rings. The van der Waals surface area contributed by atoms with Crippen LogP contribution in [0.5, 0.6) is 0 Å². The molecule has 1 amide bonds. The van der Waals surface area contributed by atoms with E-state index in [2.05, 4.69) is 43.8 Å². The number of hydrogen-bond donors (Lipinski definition) is 3. The summed E-state index contributed by atoms with van der Waals surface area (Å²) in [5, 5.41) is 13.7. The molecule has 146 valence electrons. The molecule has 0 saturated carbocycles. The number of carbonyl (C=O) groups excluding carboxylic acids is 1. The summed E-state index contributed by atoms with van der Waals surface area (Å²) in [5.74, 6) is 0.750. The Bertz CT molecular complexity index is 767. The first-order valence-electron chi connectivity index (χ1n) is 8.91. The van der Waals surface area contributed by atoms with Crippen molar-refractivity contribution in [3.8, 4) is 0 Å². The van der Waals surface area contributed by atoms with Gasteiger partial charge in [0.2, 0.25) is 0 Å². The van der Waals surface area contributed by atoms with Gasteiger partial charge in [-0.05, 0) is 44.0 Å². The average Bonchev–Trinajstić information content (AvgIpc) is 2.99. The lowest BCUT2D eigenvalue weighted by atomic mass is 10.2. The van der Waals surface area contributed by atoms with Crippen LogP contribution < -0.4 is 16.0 Å². The van der Waals surface area contributed by atoms with E-state index in [0.29, 0.717) is 12.2 Å². The van der Waals surface area contributed by atoms with Gasteiger partial charge < -0.3 is 15.4 Å². The van der Waals surface area contributed by atoms with Gasteiger partial charge in [0.05, 0.1) is 12.8 Å². The Hall–Kier alpha value is -3.03. The number of methoxy groups -OCH3 is 1. The predicted octanol–water partition coefficient (Wildman–Crippen LogP) is 2.43. The average molecular weight is 372 g/mol. The first kappa shape index (κ1) is 20.3. The molecule has 0 fully saturated rings. The van der Waals surface area contributed by atoms with Crippen LogP contribution in [0.4, 0.5) is 10.5 Å². The first-order valence-corrected chi connectivity index (χ1v) is 8.91. The highest BCUT2D eigenvalue weighted by molar-refractivity contribution is 5.84. The first-order chi connectivity index (χ1) is 13.0. The van der Waals surface area contributed by atoms with Crippen LogP contribution in [0.25, 0.3) is 0 Å². The molecule has 0 saturated heterocycles. The molecule has 8 heteroatoms. The van der Waals surface area contributed by atoms with E-state index in [1.807, 2.05) is 35.9 Å². The third-order valence-electron chi connectivity index (χ3n) is 4.01. The van der Waals surface area contributed by atoms with Crippen molar-refractivity contribution in [2.24, 2.45) is 4.99 Å². The molecule has 0 atom stereocenters. The minimum absolute atomic E-state index is 0.481. The van der Waals surface area contributed by atoms with Gasteiger partial charge in [0.1, 0.15) is 0 Å². The predicted molar refractivity (Wildman–Crippen MR) is 107 cm³/mol. The minimum atomic E-state index is -0.481. The van der Waals surface area contributed by atoms with Crippen molar-refractivity contribution >= 4 is 17.7 Å². The molecule has 0 aliphatic heterocycles. The molecule has 3 N–H and O–H groups in total. The van der Waals surface area contributed by atoms with Gasteiger partial charge in [-0.15, -0.1) is 0 Å². The molecule has 1 aromatic carbocycles. The molecule has 1 aromatic heterocycles. The fraction of sp³-hybridized carbons (Fsp3) is 0.421. The standard InChI is InChI=1S/C19H28N6O2/c1-14-12-15(2)25(24-14)11-5-10-21-18(20-3)22-13-16-6-8-17(9-7-16)23-19(26)27-4/h6-9,12H,5,10-11,13H2,1-4H3,(H,23,26)(H2,20,21,22). The Balaban J connectivity index is 1.72. The maximum absolute atomic E-state index is 11.2. The van der Waals surface area contributed by atoms with Gasteiger partial charge >= 0.3 is 6.09 Å². The van der Waals surface area contributed by atoms with Crippen LogP contribution in [0.15, 0.2) is 35.3 Å². The summed E-state index contributed by atoms with van der Waals surface area (Å²) in [5.41, 5.74) is 4.00. The molecule has 1 heterocycles. The van der Waals surface area contributed by atoms with E-state index in [1.54, 1.807) is 7.05 Å². The molecule has 0 radical (unpaired) electrons. The Morgan fingerprint density at radius 3 is 2.56 bits per heavy atom. The zero-order valence-corrected chi connectivity index (χ0v) is 16.4. The summed E-state index contributed by atoms with van der Waals surface area (Å²) in [6.45, 7) is 6.39. The van der Waals surface area contributed by atoms with Gasteiger partial charge in [-0.3, -0.25) is 15.0 Å². The number of aromatic nitrogens is 2. The normalized spacial score (nSPS) is 11.2. The SMILES string of the molecule is CN=C(NCCCn1nc(C)cc1C)NCc1ccc(NC(=O)OC)cc1. The maximum Gasteiger partial charge on any atom is 0.411 e. The van der Waals surface area contributed by atoms with Crippen LogP contribution >= 0.6 is 0 Å². The molecule has 0 aliphatic carbocycles. The van der Waals surface area contributed by atoms with E-state index in [9.17, 15) is 4.79 Å². The highest BCUT2D eigenvalue weighted by Gasteiger charge is 2.03. The molecule has 27 heavy (non-hydrogen) atoms. The van der Waals surface area contributed by atoms with E-state index < -0.39 is 6.09 Å². The number of aryl methyl sites for hydroxylation is 3. The molecule has 0 bridgehead atoms. The molecule has 0 unspecified atom stereocenters. The summed E-state index contributed by atoms with van der Waals surface area (Å²) in [4.78, 5) is 15.4. The van der Waals surface area contributed by atoms with Gasteiger partial charge in [0, 0.05) is 38.1 Å². The van der Waals surface area contributed by atoms with E-state index in [4.69, 9.17) is 0 Å². The van der Waals surface area contributed by atoms with Crippen LogP contribution in [0.3, 0.4) is 0 Å². The second-order valence-corrected chi connectivity index (χ2v) is 6.17. The van der Waals surface area contributed by atoms with Crippen molar-refractivity contribution in [1.29, 1.82) is 0 Å². The Morgan fingerprint density at radius 1 is 1.22 bits per heavy atom.